The lowest BCUT2D eigenvalue weighted by Gasteiger charge is -2.34. The lowest BCUT2D eigenvalue weighted by atomic mass is 9.85. The summed E-state index contributed by atoms with van der Waals surface area (Å²) in [5.41, 5.74) is 1.27. The molecule has 6 heteroatoms. The minimum Gasteiger partial charge on any atom is -0.497 e. The van der Waals surface area contributed by atoms with Crippen LogP contribution in [-0.2, 0) is 25.5 Å². The van der Waals surface area contributed by atoms with Gasteiger partial charge in [0.25, 0.3) is 5.91 Å². The maximum absolute atomic E-state index is 12.9. The summed E-state index contributed by atoms with van der Waals surface area (Å²) in [6.45, 7) is 0.829. The number of unbranched alkanes of at least 4 members (excludes halogenated alkanes) is 2. The van der Waals surface area contributed by atoms with Gasteiger partial charge in [0, 0.05) is 12.5 Å². The second kappa shape index (κ2) is 12.6. The molecule has 3 rings (SSSR count). The molecule has 176 valence electrons. The quantitative estimate of drug-likeness (QED) is 0.303. The second-order valence-corrected chi connectivity index (χ2v) is 9.04. The first kappa shape index (κ1) is 24.3. The topological polar surface area (TPSA) is 72.9 Å². The Morgan fingerprint density at radius 3 is 2.34 bits per heavy atom. The van der Waals surface area contributed by atoms with Gasteiger partial charge in [0.1, 0.15) is 11.8 Å². The van der Waals surface area contributed by atoms with E-state index in [1.807, 2.05) is 12.1 Å². The molecule has 1 heterocycles. The molecule has 0 bridgehead atoms. The first-order valence-corrected chi connectivity index (χ1v) is 12.2. The fourth-order valence-electron chi connectivity index (χ4n) is 4.77. The molecule has 2 aliphatic rings. The molecule has 32 heavy (non-hydrogen) atoms. The molecule has 0 N–H and O–H groups in total. The van der Waals surface area contributed by atoms with Crippen LogP contribution in [0.15, 0.2) is 24.3 Å². The number of piperidine rings is 1. The predicted octanol–water partition coefficient (Wildman–Crippen LogP) is 4.48. The van der Waals surface area contributed by atoms with E-state index in [0.717, 1.165) is 76.4 Å². The van der Waals surface area contributed by atoms with Gasteiger partial charge in [-0.1, -0.05) is 31.4 Å². The van der Waals surface area contributed by atoms with Gasteiger partial charge in [-0.15, -0.1) is 0 Å². The van der Waals surface area contributed by atoms with Crippen LogP contribution in [0.4, 0.5) is 0 Å². The van der Waals surface area contributed by atoms with Crippen LogP contribution in [0, 0.1) is 5.92 Å². The molecule has 6 nitrogen and oxygen atoms in total. The minimum absolute atomic E-state index is 0.166. The van der Waals surface area contributed by atoms with Crippen LogP contribution in [0.3, 0.4) is 0 Å². The Morgan fingerprint density at radius 2 is 1.62 bits per heavy atom. The van der Waals surface area contributed by atoms with E-state index in [2.05, 4.69) is 12.1 Å². The lowest BCUT2D eigenvalue weighted by molar-refractivity contribution is -0.160. The van der Waals surface area contributed by atoms with Crippen molar-refractivity contribution < 1.29 is 23.9 Å². The average molecular weight is 444 g/mol. The molecular weight excluding hydrogens is 406 g/mol. The van der Waals surface area contributed by atoms with Gasteiger partial charge >= 0.3 is 5.97 Å². The van der Waals surface area contributed by atoms with E-state index in [1.165, 1.54) is 10.5 Å². The number of hydrogen-bond donors (Lipinski definition) is 0. The fraction of sp³-hybridized carbons (Fsp3) is 0.654. The highest BCUT2D eigenvalue weighted by Gasteiger charge is 2.38. The number of aryl methyl sites for hydroxylation is 1. The molecule has 0 spiro atoms. The number of carbonyl (C=O) groups excluding carboxylic acids is 3. The summed E-state index contributed by atoms with van der Waals surface area (Å²) in [5, 5.41) is 0. The molecule has 2 fully saturated rings. The van der Waals surface area contributed by atoms with Crippen molar-refractivity contribution in [2.24, 2.45) is 5.92 Å². The van der Waals surface area contributed by atoms with Crippen molar-refractivity contribution in [3.05, 3.63) is 29.8 Å². The molecule has 0 radical (unpaired) electrons. The average Bonchev–Trinajstić information content (AvgIpc) is 2.86. The smallest absolute Gasteiger partial charge is 0.328 e. The monoisotopic (exact) mass is 443 g/mol. The molecule has 1 amide bonds. The van der Waals surface area contributed by atoms with Gasteiger partial charge < -0.3 is 14.4 Å². The molecule has 1 aliphatic heterocycles. The Morgan fingerprint density at radius 1 is 0.906 bits per heavy atom. The largest absolute Gasteiger partial charge is 0.497 e. The van der Waals surface area contributed by atoms with Crippen LogP contribution in [0.25, 0.3) is 0 Å². The molecule has 1 atom stereocenters. The Balaban J connectivity index is 1.39. The van der Waals surface area contributed by atoms with Gasteiger partial charge in [-0.25, -0.2) is 4.79 Å². The Labute approximate surface area is 191 Å². The van der Waals surface area contributed by atoms with Crippen molar-refractivity contribution in [2.75, 3.05) is 20.3 Å². The number of carbonyl (C=O) groups is 3. The SMILES string of the molecule is COc1ccc(CCCCCOC(=O)[C@@H]2CCCCN2C(=O)C(=O)C2CCCCC2)cc1. The number of hydrogen-bond acceptors (Lipinski definition) is 5. The zero-order valence-corrected chi connectivity index (χ0v) is 19.4. The molecule has 0 aromatic heterocycles. The summed E-state index contributed by atoms with van der Waals surface area (Å²) in [5.74, 6) is -0.442. The van der Waals surface area contributed by atoms with E-state index in [9.17, 15) is 14.4 Å². The number of ether oxygens (including phenoxy) is 2. The molecular formula is C26H37NO5. The number of Topliss-reactive ketones (excluding diaryl/α,β-unsaturated/α-hetero) is 1. The van der Waals surface area contributed by atoms with Gasteiger partial charge in [0.15, 0.2) is 0 Å². The van der Waals surface area contributed by atoms with E-state index in [0.29, 0.717) is 19.6 Å². The van der Waals surface area contributed by atoms with Crippen LogP contribution >= 0.6 is 0 Å². The van der Waals surface area contributed by atoms with Gasteiger partial charge in [-0.2, -0.15) is 0 Å². The van der Waals surface area contributed by atoms with Gasteiger partial charge in [0.05, 0.1) is 13.7 Å². The predicted molar refractivity (Wildman–Crippen MR) is 122 cm³/mol. The van der Waals surface area contributed by atoms with Gasteiger partial charge in [-0.05, 0) is 75.5 Å². The van der Waals surface area contributed by atoms with E-state index in [-0.39, 0.29) is 17.7 Å². The number of rotatable bonds is 10. The number of methoxy groups -OCH3 is 1. The van der Waals surface area contributed by atoms with E-state index in [1.54, 1.807) is 7.11 Å². The van der Waals surface area contributed by atoms with Crippen molar-refractivity contribution in [2.45, 2.75) is 83.1 Å². The summed E-state index contributed by atoms with van der Waals surface area (Å²) in [6, 6.07) is 7.47. The molecule has 1 aliphatic carbocycles. The molecule has 1 aromatic carbocycles. The van der Waals surface area contributed by atoms with Crippen LogP contribution in [-0.4, -0.2) is 48.9 Å². The summed E-state index contributed by atoms with van der Waals surface area (Å²) in [6.07, 6.45) is 10.8. The van der Waals surface area contributed by atoms with E-state index >= 15 is 0 Å². The van der Waals surface area contributed by atoms with Crippen LogP contribution in [0.2, 0.25) is 0 Å². The summed E-state index contributed by atoms with van der Waals surface area (Å²) < 4.78 is 10.7. The molecule has 0 unspecified atom stereocenters. The number of esters is 1. The summed E-state index contributed by atoms with van der Waals surface area (Å²) in [7, 11) is 1.66. The maximum atomic E-state index is 12.9. The number of likely N-dealkylation sites (tertiary alicyclic amines) is 1. The zero-order valence-electron chi connectivity index (χ0n) is 19.4. The number of nitrogens with zero attached hydrogens (tertiary/aromatic N) is 1. The third kappa shape index (κ3) is 6.81. The van der Waals surface area contributed by atoms with Crippen molar-refractivity contribution >= 4 is 17.7 Å². The molecule has 1 saturated carbocycles. The third-order valence-electron chi connectivity index (χ3n) is 6.74. The molecule has 1 saturated heterocycles. The summed E-state index contributed by atoms with van der Waals surface area (Å²) in [4.78, 5) is 39.7. The maximum Gasteiger partial charge on any atom is 0.328 e. The Hall–Kier alpha value is -2.37. The van der Waals surface area contributed by atoms with Gasteiger partial charge in [0.2, 0.25) is 5.78 Å². The van der Waals surface area contributed by atoms with Crippen molar-refractivity contribution in [1.82, 2.24) is 4.90 Å². The van der Waals surface area contributed by atoms with Crippen molar-refractivity contribution in [3.63, 3.8) is 0 Å². The Kier molecular flexibility index (Phi) is 9.57. The minimum atomic E-state index is -0.608. The lowest BCUT2D eigenvalue weighted by Crippen LogP contribution is -2.52. The number of amides is 1. The first-order chi connectivity index (χ1) is 15.6. The fourth-order valence-corrected chi connectivity index (χ4v) is 4.77. The van der Waals surface area contributed by atoms with E-state index in [4.69, 9.17) is 9.47 Å². The molecule has 1 aromatic rings. The second-order valence-electron chi connectivity index (χ2n) is 9.04. The Bertz CT molecular complexity index is 754. The van der Waals surface area contributed by atoms with E-state index < -0.39 is 11.9 Å². The highest BCUT2D eigenvalue weighted by molar-refractivity contribution is 6.37. The van der Waals surface area contributed by atoms with Crippen LogP contribution in [0.1, 0.15) is 76.2 Å². The van der Waals surface area contributed by atoms with Gasteiger partial charge in [-0.3, -0.25) is 9.59 Å². The van der Waals surface area contributed by atoms with Crippen molar-refractivity contribution in [3.8, 4) is 5.75 Å². The standard InChI is InChI=1S/C26H37NO5/c1-31-22-16-14-20(15-17-22)10-4-3-9-19-32-26(30)23-13-7-8-18-27(23)25(29)24(28)21-11-5-2-6-12-21/h14-17,21,23H,2-13,18-19H2,1H3/t23-/m0/s1. The third-order valence-corrected chi connectivity index (χ3v) is 6.74. The highest BCUT2D eigenvalue weighted by atomic mass is 16.5. The normalized spacial score (nSPS) is 19.4. The van der Waals surface area contributed by atoms with Crippen molar-refractivity contribution in [1.29, 1.82) is 0 Å². The van der Waals surface area contributed by atoms with Crippen LogP contribution in [0.5, 0.6) is 5.75 Å². The first-order valence-electron chi connectivity index (χ1n) is 12.2. The van der Waals surface area contributed by atoms with Crippen LogP contribution < -0.4 is 4.74 Å². The number of benzene rings is 1. The number of ketones is 1. The summed E-state index contributed by atoms with van der Waals surface area (Å²) >= 11 is 0. The highest BCUT2D eigenvalue weighted by Crippen LogP contribution is 2.27. The zero-order chi connectivity index (χ0) is 22.8.